The first kappa shape index (κ1) is 25.9. The standard InChI is InChI=1S/C22H33N6.2ClH.Mn/c1-7-16-13-19(10-4)26(23-16)22(27-20(11-5)14-17(8-2)24-27)28-21(12-6)15-18(9-3)25-28;;;/h13-15H,7-12H2,1-6H3;2*1H;/q-1;;;+2/p-2. The molecule has 31 heavy (non-hydrogen) atoms. The summed E-state index contributed by atoms with van der Waals surface area (Å²) in [6.07, 6.45) is 6.34. The van der Waals surface area contributed by atoms with Gasteiger partial charge in [0.15, 0.2) is 6.29 Å². The first-order chi connectivity index (χ1) is 15.0. The van der Waals surface area contributed by atoms with Crippen LogP contribution in [0.5, 0.6) is 0 Å². The minimum absolute atomic E-state index is 0.00694. The van der Waals surface area contributed by atoms with Crippen LogP contribution in [0.1, 0.15) is 75.7 Å². The Kier molecular flexibility index (Phi) is 10.5. The van der Waals surface area contributed by atoms with E-state index in [-0.39, 0.29) is 13.1 Å². The van der Waals surface area contributed by atoms with Crippen molar-refractivity contribution in [2.45, 2.75) is 80.1 Å². The monoisotopic (exact) mass is 506 g/mol. The Bertz CT molecular complexity index is 827. The normalized spacial score (nSPS) is 10.8. The quantitative estimate of drug-likeness (QED) is 0.287. The van der Waals surface area contributed by atoms with Crippen LogP contribution in [-0.4, -0.2) is 29.3 Å². The van der Waals surface area contributed by atoms with Gasteiger partial charge in [-0.05, 0) is 55.6 Å². The average Bonchev–Trinajstić information content (AvgIpc) is 3.51. The third-order valence-corrected chi connectivity index (χ3v) is 5.24. The van der Waals surface area contributed by atoms with E-state index in [1.165, 1.54) is 17.1 Å². The molecule has 0 aliphatic carbocycles. The van der Waals surface area contributed by atoms with Gasteiger partial charge in [-0.2, -0.15) is 15.3 Å². The van der Waals surface area contributed by atoms with Crippen molar-refractivity contribution >= 4 is 20.2 Å². The molecule has 0 aliphatic heterocycles. The van der Waals surface area contributed by atoms with E-state index in [2.05, 4.69) is 73.8 Å². The molecule has 0 spiro atoms. The Labute approximate surface area is 200 Å². The van der Waals surface area contributed by atoms with Crippen LogP contribution < -0.4 is 0 Å². The van der Waals surface area contributed by atoms with E-state index in [1.54, 1.807) is 0 Å². The molecule has 173 valence electrons. The Hall–Kier alpha value is -1.40. The molecule has 0 bridgehead atoms. The molecule has 0 unspecified atom stereocenters. The zero-order valence-electron chi connectivity index (χ0n) is 19.3. The zero-order valence-corrected chi connectivity index (χ0v) is 22.0. The van der Waals surface area contributed by atoms with Crippen LogP contribution in [0.4, 0.5) is 0 Å². The molecule has 0 amide bonds. The summed E-state index contributed by atoms with van der Waals surface area (Å²) in [6.45, 7) is 13.0. The number of hydrogen-bond donors (Lipinski definition) is 0. The first-order valence-electron chi connectivity index (χ1n) is 11.0. The predicted octanol–water partition coefficient (Wildman–Crippen LogP) is 5.42. The van der Waals surface area contributed by atoms with E-state index in [0.29, 0.717) is 0 Å². The maximum atomic E-state index is 4.93. The van der Waals surface area contributed by atoms with E-state index >= 15 is 0 Å². The second-order valence-electron chi connectivity index (χ2n) is 7.09. The average molecular weight is 507 g/mol. The minimum atomic E-state index is 0.00694. The molecule has 0 saturated heterocycles. The van der Waals surface area contributed by atoms with Gasteiger partial charge < -0.3 is 0 Å². The fourth-order valence-corrected chi connectivity index (χ4v) is 3.49. The topological polar surface area (TPSA) is 53.5 Å². The van der Waals surface area contributed by atoms with Crippen LogP contribution in [0.25, 0.3) is 0 Å². The van der Waals surface area contributed by atoms with Gasteiger partial charge in [0.25, 0.3) is 0 Å². The van der Waals surface area contributed by atoms with Gasteiger partial charge in [0, 0.05) is 0 Å². The Morgan fingerprint density at radius 3 is 1.06 bits per heavy atom. The molecular formula is C22H33Cl2MnN6-. The van der Waals surface area contributed by atoms with E-state index in [4.69, 9.17) is 35.5 Å². The van der Waals surface area contributed by atoms with E-state index in [0.717, 1.165) is 61.9 Å². The van der Waals surface area contributed by atoms with Gasteiger partial charge in [-0.1, -0.05) is 59.7 Å². The summed E-state index contributed by atoms with van der Waals surface area (Å²) in [5, 5.41) is 14.8. The van der Waals surface area contributed by atoms with Gasteiger partial charge in [-0.3, -0.25) is 14.0 Å². The Morgan fingerprint density at radius 1 is 0.613 bits per heavy atom. The molecule has 0 aliphatic rings. The molecule has 0 N–H and O–H groups in total. The summed E-state index contributed by atoms with van der Waals surface area (Å²) >= 11 is 0.00694. The van der Waals surface area contributed by atoms with Crippen LogP contribution in [0.2, 0.25) is 0 Å². The molecule has 3 aromatic heterocycles. The molecule has 3 rings (SSSR count). The second-order valence-corrected chi connectivity index (χ2v) is 9.04. The molecule has 9 heteroatoms. The number of nitrogens with zero attached hydrogens (tertiary/aromatic N) is 6. The van der Waals surface area contributed by atoms with Crippen LogP contribution in [0.15, 0.2) is 18.2 Å². The number of rotatable bonds is 9. The number of aromatic nitrogens is 6. The van der Waals surface area contributed by atoms with Crippen molar-refractivity contribution in [1.29, 1.82) is 0 Å². The van der Waals surface area contributed by atoms with Crippen molar-refractivity contribution < 1.29 is 13.1 Å². The molecule has 0 atom stereocenters. The molecule has 0 saturated carbocycles. The third kappa shape index (κ3) is 5.89. The summed E-state index contributed by atoms with van der Waals surface area (Å²) in [7, 11) is 9.59. The second kappa shape index (κ2) is 12.6. The summed E-state index contributed by atoms with van der Waals surface area (Å²) < 4.78 is 6.15. The van der Waals surface area contributed by atoms with E-state index in [1.807, 2.05) is 0 Å². The van der Waals surface area contributed by atoms with Crippen molar-refractivity contribution in [2.75, 3.05) is 0 Å². The molecule has 3 heterocycles. The summed E-state index contributed by atoms with van der Waals surface area (Å²) in [5.41, 5.74) is 6.82. The molecule has 3 aromatic rings. The van der Waals surface area contributed by atoms with Crippen LogP contribution in [-0.2, 0) is 51.7 Å². The molecular weight excluding hydrogens is 474 g/mol. The number of aryl methyl sites for hydroxylation is 6. The van der Waals surface area contributed by atoms with Crippen molar-refractivity contribution in [2.24, 2.45) is 0 Å². The van der Waals surface area contributed by atoms with E-state index in [9.17, 15) is 0 Å². The number of hydrogen-bond acceptors (Lipinski definition) is 3. The Balaban J connectivity index is 0.00000107. The Morgan fingerprint density at radius 2 is 0.871 bits per heavy atom. The summed E-state index contributed by atoms with van der Waals surface area (Å²) in [6, 6.07) is 6.60. The SMILES string of the molecule is CCc1cc(CC)n([C-](n2nc(CC)cc2CC)n2nc(CC)cc2CC)n1.[Cl][Mn][Cl]. The van der Waals surface area contributed by atoms with Crippen molar-refractivity contribution in [1.82, 2.24) is 29.3 Å². The first-order valence-corrected chi connectivity index (χ1v) is 14.2. The van der Waals surface area contributed by atoms with Crippen LogP contribution in [0.3, 0.4) is 0 Å². The van der Waals surface area contributed by atoms with Crippen LogP contribution >= 0.6 is 20.2 Å². The molecule has 0 radical (unpaired) electrons. The van der Waals surface area contributed by atoms with Crippen molar-refractivity contribution in [3.05, 3.63) is 58.7 Å². The fraction of sp³-hybridized carbons (Fsp3) is 0.545. The van der Waals surface area contributed by atoms with Crippen LogP contribution in [0, 0.1) is 6.29 Å². The molecule has 0 aromatic carbocycles. The van der Waals surface area contributed by atoms with Crippen molar-refractivity contribution in [3.8, 4) is 0 Å². The fourth-order valence-electron chi connectivity index (χ4n) is 3.49. The van der Waals surface area contributed by atoms with Gasteiger partial charge in [0.1, 0.15) is 0 Å². The molecule has 6 nitrogen and oxygen atoms in total. The summed E-state index contributed by atoms with van der Waals surface area (Å²) in [5.74, 6) is 0. The maximum absolute atomic E-state index is 4.93. The third-order valence-electron chi connectivity index (χ3n) is 5.24. The predicted molar refractivity (Wildman–Crippen MR) is 124 cm³/mol. The zero-order chi connectivity index (χ0) is 23.0. The van der Waals surface area contributed by atoms with Gasteiger partial charge in [-0.15, -0.1) is 0 Å². The van der Waals surface area contributed by atoms with Crippen molar-refractivity contribution in [3.63, 3.8) is 0 Å². The van der Waals surface area contributed by atoms with E-state index < -0.39 is 0 Å². The van der Waals surface area contributed by atoms with Gasteiger partial charge in [0.05, 0.1) is 17.1 Å². The summed E-state index contributed by atoms with van der Waals surface area (Å²) in [4.78, 5) is 0. The van der Waals surface area contributed by atoms with Gasteiger partial charge in [0.2, 0.25) is 0 Å². The van der Waals surface area contributed by atoms with Gasteiger partial charge in [-0.25, -0.2) is 0 Å². The van der Waals surface area contributed by atoms with Gasteiger partial charge >= 0.3 is 33.3 Å². The number of halogens is 2. The molecule has 0 fully saturated rings.